The number of hydrogen-bond acceptors (Lipinski definition) is 4. The van der Waals surface area contributed by atoms with Crippen LogP contribution in [-0.2, 0) is 15.9 Å². The highest BCUT2D eigenvalue weighted by Crippen LogP contribution is 2.24. The van der Waals surface area contributed by atoms with Crippen LogP contribution in [0.15, 0.2) is 42.5 Å². The highest BCUT2D eigenvalue weighted by atomic mass is 127. The Labute approximate surface area is 151 Å². The summed E-state index contributed by atoms with van der Waals surface area (Å²) in [5.41, 5.74) is 2.39. The number of halogens is 1. The molecule has 23 heavy (non-hydrogen) atoms. The summed E-state index contributed by atoms with van der Waals surface area (Å²) in [5, 5.41) is 0. The van der Waals surface area contributed by atoms with Gasteiger partial charge in [0.25, 0.3) is 0 Å². The maximum absolute atomic E-state index is 5.52. The van der Waals surface area contributed by atoms with Crippen molar-refractivity contribution in [2.24, 2.45) is 0 Å². The Bertz CT molecular complexity index is 639. The molecule has 2 atom stereocenters. The first-order valence-electron chi connectivity index (χ1n) is 7.71. The van der Waals surface area contributed by atoms with Crippen molar-refractivity contribution in [3.05, 3.63) is 57.3 Å². The number of hydrogen-bond donors (Lipinski definition) is 0. The Hall–Kier alpha value is -1.18. The fourth-order valence-electron chi connectivity index (χ4n) is 2.95. The van der Waals surface area contributed by atoms with E-state index in [-0.39, 0.29) is 12.2 Å². The zero-order valence-electron chi connectivity index (χ0n) is 13.4. The first-order valence-corrected chi connectivity index (χ1v) is 8.79. The molecular weight excluding hydrogens is 403 g/mol. The molecule has 1 aromatic heterocycles. The van der Waals surface area contributed by atoms with Gasteiger partial charge in [0.15, 0.2) is 0 Å². The van der Waals surface area contributed by atoms with Gasteiger partial charge in [0, 0.05) is 37.3 Å². The third-order valence-electron chi connectivity index (χ3n) is 4.26. The maximum Gasteiger partial charge on any atom is 0.129 e. The largest absolute Gasteiger partial charge is 0.377 e. The molecule has 0 radical (unpaired) electrons. The molecule has 1 aliphatic rings. The molecule has 1 saturated heterocycles. The van der Waals surface area contributed by atoms with Crippen molar-refractivity contribution in [2.75, 3.05) is 32.2 Å². The highest BCUT2D eigenvalue weighted by molar-refractivity contribution is 14.1. The third-order valence-corrected chi connectivity index (χ3v) is 5.25. The lowest BCUT2D eigenvalue weighted by molar-refractivity contribution is -0.00461. The molecule has 2 unspecified atom stereocenters. The predicted molar refractivity (Wildman–Crippen MR) is 100 cm³/mol. The number of anilines is 1. The minimum Gasteiger partial charge on any atom is -0.377 e. The van der Waals surface area contributed by atoms with Crippen molar-refractivity contribution in [1.82, 2.24) is 4.98 Å². The molecule has 0 N–H and O–H groups in total. The van der Waals surface area contributed by atoms with Crippen LogP contribution in [0.1, 0.15) is 11.3 Å². The second-order valence-electron chi connectivity index (χ2n) is 5.71. The lowest BCUT2D eigenvalue weighted by Crippen LogP contribution is -2.27. The van der Waals surface area contributed by atoms with Gasteiger partial charge in [-0.2, -0.15) is 0 Å². The number of pyridine rings is 1. The number of rotatable bonds is 5. The topological polar surface area (TPSA) is 34.6 Å². The molecule has 1 aliphatic heterocycles. The molecule has 0 amide bonds. The van der Waals surface area contributed by atoms with Crippen LogP contribution in [0.5, 0.6) is 0 Å². The Morgan fingerprint density at radius 2 is 1.70 bits per heavy atom. The van der Waals surface area contributed by atoms with Gasteiger partial charge in [-0.15, -0.1) is 0 Å². The molecule has 4 nitrogen and oxygen atoms in total. The molecule has 2 heterocycles. The SMILES string of the molecule is COC1CN(c2ccc(I)c(Cc3ccccc3)n2)CC1OC. The Morgan fingerprint density at radius 3 is 2.30 bits per heavy atom. The van der Waals surface area contributed by atoms with E-state index in [1.165, 1.54) is 9.13 Å². The van der Waals surface area contributed by atoms with Crippen molar-refractivity contribution < 1.29 is 9.47 Å². The zero-order chi connectivity index (χ0) is 16.2. The molecule has 0 spiro atoms. The average molecular weight is 424 g/mol. The van der Waals surface area contributed by atoms with E-state index in [9.17, 15) is 0 Å². The summed E-state index contributed by atoms with van der Waals surface area (Å²) in [5.74, 6) is 0.998. The summed E-state index contributed by atoms with van der Waals surface area (Å²) in [6.45, 7) is 1.63. The quantitative estimate of drug-likeness (QED) is 0.691. The Morgan fingerprint density at radius 1 is 1.04 bits per heavy atom. The minimum atomic E-state index is 0.0960. The van der Waals surface area contributed by atoms with Gasteiger partial charge in [-0.3, -0.25) is 0 Å². The van der Waals surface area contributed by atoms with Gasteiger partial charge in [-0.1, -0.05) is 30.3 Å². The Balaban J connectivity index is 1.80. The molecule has 0 bridgehead atoms. The summed E-state index contributed by atoms with van der Waals surface area (Å²) < 4.78 is 12.2. The van der Waals surface area contributed by atoms with Crippen molar-refractivity contribution in [1.29, 1.82) is 0 Å². The average Bonchev–Trinajstić information content (AvgIpc) is 3.01. The highest BCUT2D eigenvalue weighted by Gasteiger charge is 2.33. The van der Waals surface area contributed by atoms with Gasteiger partial charge in [0.2, 0.25) is 0 Å². The fraction of sp³-hybridized carbons (Fsp3) is 0.389. The maximum atomic E-state index is 5.52. The van der Waals surface area contributed by atoms with E-state index in [1.807, 2.05) is 6.07 Å². The number of ether oxygens (including phenoxy) is 2. The van der Waals surface area contributed by atoms with E-state index < -0.39 is 0 Å². The van der Waals surface area contributed by atoms with Gasteiger partial charge < -0.3 is 14.4 Å². The van der Waals surface area contributed by atoms with Crippen LogP contribution in [0.25, 0.3) is 0 Å². The Kier molecular flexibility index (Phi) is 5.50. The van der Waals surface area contributed by atoms with Crippen LogP contribution < -0.4 is 4.90 Å². The number of benzene rings is 1. The van der Waals surface area contributed by atoms with Gasteiger partial charge in [-0.25, -0.2) is 4.98 Å². The second-order valence-corrected chi connectivity index (χ2v) is 6.88. The molecule has 2 aromatic rings. The summed E-state index contributed by atoms with van der Waals surface area (Å²) in [6, 6.07) is 14.7. The lowest BCUT2D eigenvalue weighted by Gasteiger charge is -2.18. The van der Waals surface area contributed by atoms with Crippen molar-refractivity contribution in [2.45, 2.75) is 18.6 Å². The molecule has 1 fully saturated rings. The van der Waals surface area contributed by atoms with Crippen LogP contribution in [-0.4, -0.2) is 44.5 Å². The summed E-state index contributed by atoms with van der Waals surface area (Å²) in [4.78, 5) is 7.14. The van der Waals surface area contributed by atoms with Gasteiger partial charge in [-0.05, 0) is 40.3 Å². The van der Waals surface area contributed by atoms with E-state index in [2.05, 4.69) is 63.9 Å². The van der Waals surface area contributed by atoms with E-state index >= 15 is 0 Å². The minimum absolute atomic E-state index is 0.0960. The summed E-state index contributed by atoms with van der Waals surface area (Å²) >= 11 is 2.36. The summed E-state index contributed by atoms with van der Waals surface area (Å²) in [6.07, 6.45) is 1.04. The molecule has 3 rings (SSSR count). The van der Waals surface area contributed by atoms with Gasteiger partial charge >= 0.3 is 0 Å². The van der Waals surface area contributed by atoms with Crippen LogP contribution in [0.4, 0.5) is 5.82 Å². The zero-order valence-corrected chi connectivity index (χ0v) is 15.6. The third kappa shape index (κ3) is 3.84. The van der Waals surface area contributed by atoms with E-state index in [0.717, 1.165) is 31.0 Å². The van der Waals surface area contributed by atoms with Gasteiger partial charge in [0.05, 0.1) is 5.69 Å². The summed E-state index contributed by atoms with van der Waals surface area (Å²) in [7, 11) is 3.48. The lowest BCUT2D eigenvalue weighted by atomic mass is 10.1. The van der Waals surface area contributed by atoms with Crippen LogP contribution in [0.3, 0.4) is 0 Å². The van der Waals surface area contributed by atoms with Gasteiger partial charge in [0.1, 0.15) is 18.0 Å². The first kappa shape index (κ1) is 16.7. The molecule has 1 aromatic carbocycles. The van der Waals surface area contributed by atoms with E-state index in [0.29, 0.717) is 0 Å². The van der Waals surface area contributed by atoms with Crippen molar-refractivity contribution in [3.8, 4) is 0 Å². The van der Waals surface area contributed by atoms with Crippen LogP contribution in [0, 0.1) is 3.57 Å². The number of methoxy groups -OCH3 is 2. The monoisotopic (exact) mass is 424 g/mol. The van der Waals surface area contributed by atoms with E-state index in [4.69, 9.17) is 14.5 Å². The van der Waals surface area contributed by atoms with Crippen LogP contribution in [0.2, 0.25) is 0 Å². The standard InChI is InChI=1S/C18H21IN2O2/c1-22-16-11-21(12-17(16)23-2)18-9-8-14(19)15(20-18)10-13-6-4-3-5-7-13/h3-9,16-17H,10-12H2,1-2H3. The first-order chi connectivity index (χ1) is 11.2. The van der Waals surface area contributed by atoms with Crippen molar-refractivity contribution >= 4 is 28.4 Å². The number of nitrogens with zero attached hydrogens (tertiary/aromatic N) is 2. The predicted octanol–water partition coefficient (Wildman–Crippen LogP) is 3.13. The molecule has 5 heteroatoms. The smallest absolute Gasteiger partial charge is 0.129 e. The number of aromatic nitrogens is 1. The van der Waals surface area contributed by atoms with Crippen LogP contribution >= 0.6 is 22.6 Å². The normalized spacial score (nSPS) is 20.9. The molecule has 0 aliphatic carbocycles. The fourth-order valence-corrected chi connectivity index (χ4v) is 3.44. The molecular formula is C18H21IN2O2. The van der Waals surface area contributed by atoms with E-state index in [1.54, 1.807) is 14.2 Å². The molecule has 122 valence electrons. The molecule has 0 saturated carbocycles. The second kappa shape index (κ2) is 7.59. The van der Waals surface area contributed by atoms with Crippen molar-refractivity contribution in [3.63, 3.8) is 0 Å².